The number of nitrogens with zero attached hydrogens (tertiary/aromatic N) is 2. The molecule has 3 rings (SSSR count). The van der Waals surface area contributed by atoms with Gasteiger partial charge in [0.15, 0.2) is 5.65 Å². The van der Waals surface area contributed by atoms with Crippen LogP contribution in [-0.2, 0) is 4.74 Å². The first-order chi connectivity index (χ1) is 12.1. The number of esters is 1. The molecule has 5 heteroatoms. The van der Waals surface area contributed by atoms with Crippen LogP contribution >= 0.6 is 11.6 Å². The van der Waals surface area contributed by atoms with Crippen LogP contribution in [0.1, 0.15) is 41.9 Å². The van der Waals surface area contributed by atoms with E-state index < -0.39 is 0 Å². The molecule has 0 fully saturated rings. The normalized spacial score (nSPS) is 11.6. The van der Waals surface area contributed by atoms with E-state index >= 15 is 0 Å². The van der Waals surface area contributed by atoms with Crippen molar-refractivity contribution < 1.29 is 9.53 Å². The van der Waals surface area contributed by atoms with E-state index in [1.165, 1.54) is 0 Å². The lowest BCUT2D eigenvalue weighted by Gasteiger charge is -2.10. The number of imidazole rings is 1. The van der Waals surface area contributed by atoms with Crippen LogP contribution in [0, 0.1) is 11.8 Å². The Balaban J connectivity index is 1.87. The van der Waals surface area contributed by atoms with E-state index in [1.807, 2.05) is 36.6 Å². The summed E-state index contributed by atoms with van der Waals surface area (Å²) in [6.07, 6.45) is 4.21. The molecule has 4 nitrogen and oxygen atoms in total. The van der Waals surface area contributed by atoms with Gasteiger partial charge in [-0.05, 0) is 49.6 Å². The second-order valence-corrected chi connectivity index (χ2v) is 6.06. The van der Waals surface area contributed by atoms with E-state index in [-0.39, 0.29) is 12.1 Å². The van der Waals surface area contributed by atoms with Gasteiger partial charge in [0.2, 0.25) is 0 Å². The van der Waals surface area contributed by atoms with Gasteiger partial charge in [0, 0.05) is 11.8 Å². The van der Waals surface area contributed by atoms with Gasteiger partial charge in [-0.3, -0.25) is 4.40 Å². The maximum Gasteiger partial charge on any atom is 0.338 e. The van der Waals surface area contributed by atoms with E-state index in [4.69, 9.17) is 16.3 Å². The van der Waals surface area contributed by atoms with Crippen molar-refractivity contribution in [3.8, 4) is 11.8 Å². The SMILES string of the molecule is CCC(C)OC(=O)c1cccc(C#Cc2cnc3c(Cl)cccn23)c1. The zero-order chi connectivity index (χ0) is 17.8. The van der Waals surface area contributed by atoms with Gasteiger partial charge in [0.1, 0.15) is 5.69 Å². The summed E-state index contributed by atoms with van der Waals surface area (Å²) in [7, 11) is 0. The van der Waals surface area contributed by atoms with E-state index in [0.717, 1.165) is 17.7 Å². The maximum atomic E-state index is 12.1. The van der Waals surface area contributed by atoms with Crippen molar-refractivity contribution in [3.63, 3.8) is 0 Å². The summed E-state index contributed by atoms with van der Waals surface area (Å²) in [5.74, 6) is 5.79. The lowest BCUT2D eigenvalue weighted by molar-refractivity contribution is 0.0334. The van der Waals surface area contributed by atoms with E-state index in [1.54, 1.807) is 30.5 Å². The lowest BCUT2D eigenvalue weighted by Crippen LogP contribution is -2.14. The molecule has 0 bridgehead atoms. The van der Waals surface area contributed by atoms with Crippen molar-refractivity contribution in [2.45, 2.75) is 26.4 Å². The summed E-state index contributed by atoms with van der Waals surface area (Å²) in [5.41, 5.74) is 2.62. The van der Waals surface area contributed by atoms with Gasteiger partial charge in [-0.2, -0.15) is 0 Å². The number of aromatic nitrogens is 2. The highest BCUT2D eigenvalue weighted by Gasteiger charge is 2.10. The first-order valence-corrected chi connectivity index (χ1v) is 8.41. The number of benzene rings is 1. The number of fused-ring (bicyclic) bond motifs is 1. The van der Waals surface area contributed by atoms with Crippen LogP contribution in [-0.4, -0.2) is 21.5 Å². The minimum atomic E-state index is -0.334. The van der Waals surface area contributed by atoms with Crippen LogP contribution in [0.3, 0.4) is 0 Å². The van der Waals surface area contributed by atoms with Crippen molar-refractivity contribution in [2.75, 3.05) is 0 Å². The van der Waals surface area contributed by atoms with Crippen LogP contribution in [0.5, 0.6) is 0 Å². The van der Waals surface area contributed by atoms with Crippen molar-refractivity contribution >= 4 is 23.2 Å². The Kier molecular flexibility index (Phi) is 5.06. The third kappa shape index (κ3) is 3.84. The summed E-state index contributed by atoms with van der Waals surface area (Å²) in [4.78, 5) is 16.4. The topological polar surface area (TPSA) is 43.6 Å². The van der Waals surface area contributed by atoms with Crippen LogP contribution < -0.4 is 0 Å². The van der Waals surface area contributed by atoms with Crippen LogP contribution in [0.4, 0.5) is 0 Å². The molecule has 0 spiro atoms. The molecule has 0 N–H and O–H groups in total. The van der Waals surface area contributed by atoms with E-state index in [0.29, 0.717) is 16.2 Å². The van der Waals surface area contributed by atoms with E-state index in [2.05, 4.69) is 16.8 Å². The lowest BCUT2D eigenvalue weighted by atomic mass is 10.1. The predicted molar refractivity (Wildman–Crippen MR) is 97.8 cm³/mol. The Hall–Kier alpha value is -2.77. The minimum absolute atomic E-state index is 0.106. The molecule has 126 valence electrons. The van der Waals surface area contributed by atoms with Gasteiger partial charge in [-0.25, -0.2) is 9.78 Å². The summed E-state index contributed by atoms with van der Waals surface area (Å²) < 4.78 is 7.18. The summed E-state index contributed by atoms with van der Waals surface area (Å²) in [6, 6.07) is 10.7. The monoisotopic (exact) mass is 352 g/mol. The second kappa shape index (κ2) is 7.42. The standard InChI is InChI=1S/C20H17ClN2O2/c1-3-14(2)25-20(24)16-7-4-6-15(12-16)9-10-17-13-22-19-18(21)8-5-11-23(17)19/h4-8,11-14H,3H2,1-2H3. The molecule has 1 unspecified atom stereocenters. The Labute approximate surface area is 151 Å². The van der Waals surface area contributed by atoms with Crippen molar-refractivity contribution in [1.29, 1.82) is 0 Å². The maximum absolute atomic E-state index is 12.1. The number of rotatable bonds is 3. The van der Waals surface area contributed by atoms with Gasteiger partial charge < -0.3 is 4.74 Å². The molecule has 2 heterocycles. The van der Waals surface area contributed by atoms with Gasteiger partial charge in [-0.1, -0.05) is 30.5 Å². The number of pyridine rings is 1. The van der Waals surface area contributed by atoms with Crippen LogP contribution in [0.25, 0.3) is 5.65 Å². The number of halogens is 1. The second-order valence-electron chi connectivity index (χ2n) is 5.65. The molecule has 1 atom stereocenters. The quantitative estimate of drug-likeness (QED) is 0.520. The zero-order valence-electron chi connectivity index (χ0n) is 14.0. The summed E-state index contributed by atoms with van der Waals surface area (Å²) in [5, 5.41) is 0.574. The molecule has 0 saturated heterocycles. The molecule has 0 aliphatic carbocycles. The zero-order valence-corrected chi connectivity index (χ0v) is 14.7. The molecule has 0 radical (unpaired) electrons. The molecule has 2 aromatic heterocycles. The fourth-order valence-corrected chi connectivity index (χ4v) is 2.48. The number of hydrogen-bond donors (Lipinski definition) is 0. The largest absolute Gasteiger partial charge is 0.459 e. The highest BCUT2D eigenvalue weighted by molar-refractivity contribution is 6.33. The Morgan fingerprint density at radius 3 is 2.96 bits per heavy atom. The fourth-order valence-electron chi connectivity index (χ4n) is 2.26. The first kappa shape index (κ1) is 17.1. The summed E-state index contributed by atoms with van der Waals surface area (Å²) >= 11 is 6.11. The smallest absolute Gasteiger partial charge is 0.338 e. The molecule has 0 aliphatic rings. The number of carbonyl (C=O) groups is 1. The molecular weight excluding hydrogens is 336 g/mol. The average Bonchev–Trinajstić information content (AvgIpc) is 3.04. The predicted octanol–water partition coefficient (Wildman–Crippen LogP) is 4.34. The van der Waals surface area contributed by atoms with Crippen LogP contribution in [0.15, 0.2) is 48.8 Å². The van der Waals surface area contributed by atoms with Crippen LogP contribution in [0.2, 0.25) is 5.02 Å². The summed E-state index contributed by atoms with van der Waals surface area (Å²) in [6.45, 7) is 3.85. The fraction of sp³-hybridized carbons (Fsp3) is 0.200. The molecule has 0 aliphatic heterocycles. The minimum Gasteiger partial charge on any atom is -0.459 e. The molecule has 0 amide bonds. The average molecular weight is 353 g/mol. The molecule has 1 aromatic carbocycles. The number of hydrogen-bond acceptors (Lipinski definition) is 3. The Bertz CT molecular complexity index is 982. The van der Waals surface area contributed by atoms with Gasteiger partial charge in [0.05, 0.1) is 22.9 Å². The van der Waals surface area contributed by atoms with E-state index in [9.17, 15) is 4.79 Å². The van der Waals surface area contributed by atoms with Gasteiger partial charge >= 0.3 is 5.97 Å². The van der Waals surface area contributed by atoms with Gasteiger partial charge in [-0.15, -0.1) is 0 Å². The molecular formula is C20H17ClN2O2. The third-order valence-electron chi connectivity index (χ3n) is 3.80. The van der Waals surface area contributed by atoms with Crippen molar-refractivity contribution in [1.82, 2.24) is 9.38 Å². The molecule has 0 saturated carbocycles. The van der Waals surface area contributed by atoms with Crippen molar-refractivity contribution in [2.24, 2.45) is 0 Å². The highest BCUT2D eigenvalue weighted by Crippen LogP contribution is 2.16. The third-order valence-corrected chi connectivity index (χ3v) is 4.10. The van der Waals surface area contributed by atoms with Crippen molar-refractivity contribution in [3.05, 3.63) is 70.6 Å². The van der Waals surface area contributed by atoms with Gasteiger partial charge in [0.25, 0.3) is 0 Å². The molecule has 25 heavy (non-hydrogen) atoms. The first-order valence-electron chi connectivity index (χ1n) is 8.03. The molecule has 3 aromatic rings. The number of ether oxygens (including phenoxy) is 1. The Morgan fingerprint density at radius 1 is 1.32 bits per heavy atom. The highest BCUT2D eigenvalue weighted by atomic mass is 35.5. The Morgan fingerprint density at radius 2 is 2.16 bits per heavy atom. The number of carbonyl (C=O) groups excluding carboxylic acids is 1.